The minimum atomic E-state index is -0.251. The van der Waals surface area contributed by atoms with Gasteiger partial charge in [0.05, 0.1) is 11.4 Å². The maximum absolute atomic E-state index is 13.4. The molecule has 2 aromatic heterocycles. The van der Waals surface area contributed by atoms with Crippen LogP contribution in [0.25, 0.3) is 16.9 Å². The molecule has 1 saturated heterocycles. The van der Waals surface area contributed by atoms with Gasteiger partial charge in [-0.1, -0.05) is 12.1 Å². The third-order valence-corrected chi connectivity index (χ3v) is 4.22. The maximum atomic E-state index is 13.4. The molecule has 1 aromatic carbocycles. The Morgan fingerprint density at radius 2 is 2.18 bits per heavy atom. The Balaban J connectivity index is 1.80. The highest BCUT2D eigenvalue weighted by Gasteiger charge is 2.19. The van der Waals surface area contributed by atoms with E-state index in [2.05, 4.69) is 15.4 Å². The van der Waals surface area contributed by atoms with Gasteiger partial charge in [-0.25, -0.2) is 13.9 Å². The zero-order valence-corrected chi connectivity index (χ0v) is 12.2. The molecule has 1 aliphatic rings. The first-order valence-electron chi connectivity index (χ1n) is 7.62. The summed E-state index contributed by atoms with van der Waals surface area (Å²) >= 11 is 0. The lowest BCUT2D eigenvalue weighted by Crippen LogP contribution is -2.29. The van der Waals surface area contributed by atoms with Crippen molar-refractivity contribution >= 4 is 5.65 Å². The van der Waals surface area contributed by atoms with Gasteiger partial charge in [0.2, 0.25) is 0 Å². The highest BCUT2D eigenvalue weighted by Crippen LogP contribution is 2.26. The summed E-state index contributed by atoms with van der Waals surface area (Å²) in [5.41, 5.74) is 3.50. The fraction of sp³-hybridized carbons (Fsp3) is 0.294. The first-order valence-corrected chi connectivity index (χ1v) is 7.62. The lowest BCUT2D eigenvalue weighted by Gasteiger charge is -2.23. The number of halogens is 1. The molecule has 0 saturated carbocycles. The van der Waals surface area contributed by atoms with Crippen LogP contribution in [-0.4, -0.2) is 27.7 Å². The van der Waals surface area contributed by atoms with E-state index in [1.807, 2.05) is 28.9 Å². The lowest BCUT2D eigenvalue weighted by atomic mass is 9.96. The third kappa shape index (κ3) is 2.37. The van der Waals surface area contributed by atoms with Gasteiger partial charge in [-0.05, 0) is 37.6 Å². The average Bonchev–Trinajstić information content (AvgIpc) is 3.00. The monoisotopic (exact) mass is 296 g/mol. The Kier molecular flexibility index (Phi) is 3.35. The van der Waals surface area contributed by atoms with Gasteiger partial charge >= 0.3 is 0 Å². The van der Waals surface area contributed by atoms with Gasteiger partial charge < -0.3 is 5.32 Å². The molecular weight excluding hydrogens is 279 g/mol. The molecule has 0 aliphatic carbocycles. The van der Waals surface area contributed by atoms with Gasteiger partial charge in [-0.2, -0.15) is 5.10 Å². The van der Waals surface area contributed by atoms with Crippen LogP contribution < -0.4 is 5.32 Å². The van der Waals surface area contributed by atoms with Crippen LogP contribution >= 0.6 is 0 Å². The van der Waals surface area contributed by atoms with Crippen LogP contribution in [0.4, 0.5) is 4.39 Å². The van der Waals surface area contributed by atoms with Gasteiger partial charge in [-0.15, -0.1) is 0 Å². The second-order valence-corrected chi connectivity index (χ2v) is 5.72. The first-order chi connectivity index (χ1) is 10.8. The summed E-state index contributed by atoms with van der Waals surface area (Å²) in [5.74, 6) is 0.193. The van der Waals surface area contributed by atoms with Crippen molar-refractivity contribution in [3.63, 3.8) is 0 Å². The van der Waals surface area contributed by atoms with Crippen LogP contribution in [0.1, 0.15) is 24.5 Å². The zero-order valence-electron chi connectivity index (χ0n) is 12.2. The van der Waals surface area contributed by atoms with Crippen molar-refractivity contribution in [3.8, 4) is 11.3 Å². The fourth-order valence-corrected chi connectivity index (χ4v) is 3.12. The van der Waals surface area contributed by atoms with Crippen LogP contribution in [0, 0.1) is 5.82 Å². The average molecular weight is 296 g/mol. The van der Waals surface area contributed by atoms with Gasteiger partial charge in [0.25, 0.3) is 0 Å². The summed E-state index contributed by atoms with van der Waals surface area (Å²) < 4.78 is 15.3. The number of rotatable bonds is 2. The van der Waals surface area contributed by atoms with Gasteiger partial charge in [0.15, 0.2) is 5.65 Å². The van der Waals surface area contributed by atoms with E-state index in [1.165, 1.54) is 24.2 Å². The first kappa shape index (κ1) is 13.4. The van der Waals surface area contributed by atoms with Crippen molar-refractivity contribution in [3.05, 3.63) is 54.1 Å². The van der Waals surface area contributed by atoms with Gasteiger partial charge in [-0.3, -0.25) is 0 Å². The molecule has 3 aromatic rings. The number of nitrogens with zero attached hydrogens (tertiary/aromatic N) is 3. The molecule has 4 nitrogen and oxygen atoms in total. The minimum absolute atomic E-state index is 0.251. The predicted octanol–water partition coefficient (Wildman–Crippen LogP) is 3.00. The van der Waals surface area contributed by atoms with Crippen molar-refractivity contribution in [1.82, 2.24) is 19.9 Å². The number of hydrogen-bond donors (Lipinski definition) is 1. The van der Waals surface area contributed by atoms with E-state index in [0.717, 1.165) is 36.4 Å². The summed E-state index contributed by atoms with van der Waals surface area (Å²) in [5, 5.41) is 8.09. The molecule has 1 N–H and O–H groups in total. The van der Waals surface area contributed by atoms with E-state index >= 15 is 0 Å². The molecule has 1 aliphatic heterocycles. The summed E-state index contributed by atoms with van der Waals surface area (Å²) in [6, 6.07) is 10.5. The molecule has 0 spiro atoms. The SMILES string of the molecule is Fc1cccc(-c2cc3nccc([C@@H]4CCCNC4)n3n2)c1. The molecule has 3 heterocycles. The number of piperidine rings is 1. The summed E-state index contributed by atoms with van der Waals surface area (Å²) in [6.45, 7) is 2.05. The Labute approximate surface area is 128 Å². The molecule has 0 bridgehead atoms. The number of fused-ring (bicyclic) bond motifs is 1. The molecule has 22 heavy (non-hydrogen) atoms. The molecule has 5 heteroatoms. The lowest BCUT2D eigenvalue weighted by molar-refractivity contribution is 0.448. The summed E-state index contributed by atoms with van der Waals surface area (Å²) in [6.07, 6.45) is 4.16. The number of nitrogens with one attached hydrogen (secondary N) is 1. The topological polar surface area (TPSA) is 42.2 Å². The fourth-order valence-electron chi connectivity index (χ4n) is 3.12. The smallest absolute Gasteiger partial charge is 0.155 e. The van der Waals surface area contributed by atoms with Crippen molar-refractivity contribution in [2.75, 3.05) is 13.1 Å². The van der Waals surface area contributed by atoms with Crippen LogP contribution in [0.3, 0.4) is 0 Å². The molecular formula is C17H17FN4. The maximum Gasteiger partial charge on any atom is 0.155 e. The summed E-state index contributed by atoms with van der Waals surface area (Å²) in [7, 11) is 0. The molecule has 1 fully saturated rings. The third-order valence-electron chi connectivity index (χ3n) is 4.22. The Hall–Kier alpha value is -2.27. The van der Waals surface area contributed by atoms with E-state index in [0.29, 0.717) is 5.92 Å². The van der Waals surface area contributed by atoms with E-state index in [4.69, 9.17) is 0 Å². The normalized spacial score (nSPS) is 18.7. The van der Waals surface area contributed by atoms with Crippen LogP contribution in [0.15, 0.2) is 42.6 Å². The summed E-state index contributed by atoms with van der Waals surface area (Å²) in [4.78, 5) is 4.39. The van der Waals surface area contributed by atoms with Crippen molar-refractivity contribution in [1.29, 1.82) is 0 Å². The van der Waals surface area contributed by atoms with Crippen molar-refractivity contribution < 1.29 is 4.39 Å². The second-order valence-electron chi connectivity index (χ2n) is 5.72. The molecule has 4 rings (SSSR count). The molecule has 0 unspecified atom stereocenters. The van der Waals surface area contributed by atoms with Crippen LogP contribution in [0.2, 0.25) is 0 Å². The van der Waals surface area contributed by atoms with Crippen LogP contribution in [0.5, 0.6) is 0 Å². The predicted molar refractivity (Wildman–Crippen MR) is 83.2 cm³/mol. The number of aromatic nitrogens is 3. The Bertz CT molecular complexity index is 805. The van der Waals surface area contributed by atoms with E-state index in [9.17, 15) is 4.39 Å². The number of benzene rings is 1. The van der Waals surface area contributed by atoms with E-state index < -0.39 is 0 Å². The Morgan fingerprint density at radius 1 is 1.23 bits per heavy atom. The van der Waals surface area contributed by atoms with Crippen molar-refractivity contribution in [2.45, 2.75) is 18.8 Å². The molecule has 1 atom stereocenters. The highest BCUT2D eigenvalue weighted by atomic mass is 19.1. The molecule has 112 valence electrons. The minimum Gasteiger partial charge on any atom is -0.316 e. The van der Waals surface area contributed by atoms with Gasteiger partial charge in [0, 0.05) is 30.3 Å². The molecule has 0 amide bonds. The van der Waals surface area contributed by atoms with E-state index in [-0.39, 0.29) is 5.82 Å². The quantitative estimate of drug-likeness (QED) is 0.790. The highest BCUT2D eigenvalue weighted by molar-refractivity contribution is 5.64. The van der Waals surface area contributed by atoms with Crippen molar-refractivity contribution in [2.24, 2.45) is 0 Å². The Morgan fingerprint density at radius 3 is 3.00 bits per heavy atom. The largest absolute Gasteiger partial charge is 0.316 e. The van der Waals surface area contributed by atoms with E-state index in [1.54, 1.807) is 6.07 Å². The second kappa shape index (κ2) is 5.50. The van der Waals surface area contributed by atoms with Gasteiger partial charge in [0.1, 0.15) is 5.82 Å². The number of hydrogen-bond acceptors (Lipinski definition) is 3. The zero-order chi connectivity index (χ0) is 14.9. The van der Waals surface area contributed by atoms with Crippen LogP contribution in [-0.2, 0) is 0 Å². The standard InChI is InChI=1S/C17H17FN4/c18-14-5-1-3-12(9-14)15-10-17-20-8-6-16(22(17)21-15)13-4-2-7-19-11-13/h1,3,5-6,8-10,13,19H,2,4,7,11H2/t13-/m1/s1. The molecule has 0 radical (unpaired) electrons.